The van der Waals surface area contributed by atoms with Crippen LogP contribution >= 0.6 is 11.8 Å². The van der Waals surface area contributed by atoms with Gasteiger partial charge in [0.2, 0.25) is 0 Å². The molecule has 0 aromatic heterocycles. The molecule has 1 rings (SSSR count). The first-order chi connectivity index (χ1) is 10.2. The smallest absolute Gasteiger partial charge is 0.161 e. The molecule has 3 heteroatoms. The zero-order valence-electron chi connectivity index (χ0n) is 14.7. The van der Waals surface area contributed by atoms with Crippen molar-refractivity contribution in [1.82, 2.24) is 0 Å². The van der Waals surface area contributed by atoms with E-state index in [0.717, 1.165) is 17.1 Å². The summed E-state index contributed by atoms with van der Waals surface area (Å²) in [6.07, 6.45) is 8.23. The second-order valence-corrected chi connectivity index (χ2v) is 4.51. The average Bonchev–Trinajstić information content (AvgIpc) is 2.58. The van der Waals surface area contributed by atoms with Crippen LogP contribution in [0, 0.1) is 0 Å². The molecule has 0 atom stereocenters. The molecule has 0 saturated carbocycles. The van der Waals surface area contributed by atoms with Crippen LogP contribution in [0.15, 0.2) is 35.3 Å². The van der Waals surface area contributed by atoms with Crippen molar-refractivity contribution in [2.45, 2.75) is 34.6 Å². The molecule has 0 unspecified atom stereocenters. The number of allylic oxidation sites excluding steroid dienone is 3. The number of benzene rings is 1. The summed E-state index contributed by atoms with van der Waals surface area (Å²) < 4.78 is 10.4. The fourth-order valence-electron chi connectivity index (χ4n) is 1.32. The highest BCUT2D eigenvalue weighted by Crippen LogP contribution is 2.28. The third-order valence-electron chi connectivity index (χ3n) is 2.35. The van der Waals surface area contributed by atoms with E-state index in [1.807, 2.05) is 58.0 Å². The molecule has 0 heterocycles. The van der Waals surface area contributed by atoms with Gasteiger partial charge < -0.3 is 9.47 Å². The van der Waals surface area contributed by atoms with E-state index in [1.54, 1.807) is 26.0 Å². The molecule has 21 heavy (non-hydrogen) atoms. The Morgan fingerprint density at radius 2 is 1.57 bits per heavy atom. The highest BCUT2D eigenvalue weighted by atomic mass is 32.2. The second-order valence-electron chi connectivity index (χ2n) is 3.45. The lowest BCUT2D eigenvalue weighted by Crippen LogP contribution is -1.90. The van der Waals surface area contributed by atoms with E-state index in [2.05, 4.69) is 19.3 Å². The highest BCUT2D eigenvalue weighted by molar-refractivity contribution is 8.02. The molecular formula is C18H30O2S. The molecule has 0 aliphatic rings. The van der Waals surface area contributed by atoms with Crippen molar-refractivity contribution in [3.63, 3.8) is 0 Å². The summed E-state index contributed by atoms with van der Waals surface area (Å²) in [4.78, 5) is 1.28. The predicted molar refractivity (Wildman–Crippen MR) is 98.5 cm³/mol. The van der Waals surface area contributed by atoms with Gasteiger partial charge in [-0.25, -0.2) is 0 Å². The Kier molecular flexibility index (Phi) is 15.7. The number of methoxy groups -OCH3 is 2. The van der Waals surface area contributed by atoms with E-state index in [4.69, 9.17) is 9.47 Å². The van der Waals surface area contributed by atoms with Crippen LogP contribution < -0.4 is 9.47 Å². The molecular weight excluding hydrogens is 280 g/mol. The van der Waals surface area contributed by atoms with Gasteiger partial charge in [0.1, 0.15) is 0 Å². The van der Waals surface area contributed by atoms with Gasteiger partial charge in [0, 0.05) is 0 Å². The van der Waals surface area contributed by atoms with Crippen LogP contribution in [0.25, 0.3) is 6.08 Å². The maximum Gasteiger partial charge on any atom is 0.161 e. The van der Waals surface area contributed by atoms with Crippen molar-refractivity contribution in [1.29, 1.82) is 0 Å². The molecule has 0 amide bonds. The topological polar surface area (TPSA) is 18.5 Å². The van der Waals surface area contributed by atoms with Crippen LogP contribution in [0.5, 0.6) is 11.5 Å². The molecule has 1 aromatic carbocycles. The lowest BCUT2D eigenvalue weighted by atomic mass is 10.2. The Morgan fingerprint density at radius 3 is 2.05 bits per heavy atom. The maximum absolute atomic E-state index is 5.25. The minimum absolute atomic E-state index is 0.750. The van der Waals surface area contributed by atoms with Crippen molar-refractivity contribution >= 4 is 17.8 Å². The molecule has 2 nitrogen and oxygen atoms in total. The molecule has 1 aromatic rings. The first-order valence-corrected chi connectivity index (χ1v) is 8.54. The van der Waals surface area contributed by atoms with Gasteiger partial charge in [-0.05, 0) is 35.8 Å². The van der Waals surface area contributed by atoms with E-state index < -0.39 is 0 Å². The number of hydrogen-bond acceptors (Lipinski definition) is 3. The monoisotopic (exact) mass is 310 g/mol. The third kappa shape index (κ3) is 9.24. The first-order valence-electron chi connectivity index (χ1n) is 7.32. The van der Waals surface area contributed by atoms with Crippen molar-refractivity contribution in [2.24, 2.45) is 0 Å². The SMILES string of the molecule is CC.CC.COc1ccc(/C=C/C=C(/C)SC)cc1OC. The molecule has 0 N–H and O–H groups in total. The van der Waals surface area contributed by atoms with Gasteiger partial charge in [0.25, 0.3) is 0 Å². The fraction of sp³-hybridized carbons (Fsp3) is 0.444. The van der Waals surface area contributed by atoms with E-state index >= 15 is 0 Å². The summed E-state index contributed by atoms with van der Waals surface area (Å²) in [5.74, 6) is 1.50. The quantitative estimate of drug-likeness (QED) is 0.618. The largest absolute Gasteiger partial charge is 0.493 e. The summed E-state index contributed by atoms with van der Waals surface area (Å²) in [6.45, 7) is 10.1. The molecule has 0 aliphatic carbocycles. The zero-order chi connectivity index (χ0) is 16.7. The molecule has 0 radical (unpaired) electrons. The predicted octanol–water partition coefficient (Wildman–Crippen LogP) is 6.04. The van der Waals surface area contributed by atoms with Crippen LogP contribution in [0.1, 0.15) is 40.2 Å². The van der Waals surface area contributed by atoms with Crippen molar-refractivity contribution in [2.75, 3.05) is 20.5 Å². The lowest BCUT2D eigenvalue weighted by Gasteiger charge is -2.07. The Morgan fingerprint density at radius 1 is 1.00 bits per heavy atom. The van der Waals surface area contributed by atoms with Crippen LogP contribution in [-0.2, 0) is 0 Å². The van der Waals surface area contributed by atoms with E-state index in [9.17, 15) is 0 Å². The fourth-order valence-corrected chi connectivity index (χ4v) is 1.53. The van der Waals surface area contributed by atoms with E-state index in [1.165, 1.54) is 4.91 Å². The Balaban J connectivity index is 0. The highest BCUT2D eigenvalue weighted by Gasteiger charge is 2.01. The lowest BCUT2D eigenvalue weighted by molar-refractivity contribution is 0.355. The standard InChI is InChI=1S/C14H18O2S.2C2H6/c1-11(17-4)6-5-7-12-8-9-13(15-2)14(10-12)16-3;2*1-2/h5-10H,1-4H3;2*1-2H3/b7-5+,11-6-;;. The maximum atomic E-state index is 5.25. The van der Waals surface area contributed by atoms with Crippen LogP contribution in [0.4, 0.5) is 0 Å². The number of ether oxygens (including phenoxy) is 2. The summed E-state index contributed by atoms with van der Waals surface area (Å²) >= 11 is 1.74. The van der Waals surface area contributed by atoms with Gasteiger partial charge in [0.15, 0.2) is 11.5 Å². The summed E-state index contributed by atoms with van der Waals surface area (Å²) in [7, 11) is 3.28. The van der Waals surface area contributed by atoms with E-state index in [-0.39, 0.29) is 0 Å². The van der Waals surface area contributed by atoms with Gasteiger partial charge >= 0.3 is 0 Å². The zero-order valence-corrected chi connectivity index (χ0v) is 15.5. The van der Waals surface area contributed by atoms with Gasteiger partial charge in [-0.3, -0.25) is 0 Å². The third-order valence-corrected chi connectivity index (χ3v) is 3.13. The molecule has 0 saturated heterocycles. The minimum atomic E-state index is 0.750. The Hall–Kier alpha value is -1.35. The van der Waals surface area contributed by atoms with Crippen LogP contribution in [0.3, 0.4) is 0 Å². The van der Waals surface area contributed by atoms with Gasteiger partial charge in [0.05, 0.1) is 14.2 Å². The number of hydrogen-bond donors (Lipinski definition) is 0. The summed E-state index contributed by atoms with van der Waals surface area (Å²) in [5, 5.41) is 0. The molecule has 0 spiro atoms. The second kappa shape index (κ2) is 15.0. The molecule has 0 aliphatic heterocycles. The minimum Gasteiger partial charge on any atom is -0.493 e. The van der Waals surface area contributed by atoms with Gasteiger partial charge in [-0.1, -0.05) is 52.0 Å². The summed E-state index contributed by atoms with van der Waals surface area (Å²) in [5.41, 5.74) is 1.09. The van der Waals surface area contributed by atoms with Crippen molar-refractivity contribution < 1.29 is 9.47 Å². The normalized spacial score (nSPS) is 10.2. The molecule has 0 fully saturated rings. The number of rotatable bonds is 5. The van der Waals surface area contributed by atoms with Gasteiger partial charge in [-0.15, -0.1) is 11.8 Å². The molecule has 0 bridgehead atoms. The van der Waals surface area contributed by atoms with E-state index in [0.29, 0.717) is 0 Å². The first kappa shape index (κ1) is 21.9. The summed E-state index contributed by atoms with van der Waals surface area (Å²) in [6, 6.07) is 5.86. The van der Waals surface area contributed by atoms with Crippen molar-refractivity contribution in [3.05, 3.63) is 40.8 Å². The number of thioether (sulfide) groups is 1. The van der Waals surface area contributed by atoms with Crippen LogP contribution in [0.2, 0.25) is 0 Å². The average molecular weight is 311 g/mol. The van der Waals surface area contributed by atoms with Gasteiger partial charge in [-0.2, -0.15) is 0 Å². The van der Waals surface area contributed by atoms with Crippen molar-refractivity contribution in [3.8, 4) is 11.5 Å². The van der Waals surface area contributed by atoms with Crippen LogP contribution in [-0.4, -0.2) is 20.5 Å². The Labute approximate surface area is 135 Å². The Bertz CT molecular complexity index is 423. The molecule has 120 valence electrons.